The maximum absolute atomic E-state index is 11.6. The number of nitrogens with two attached hydrogens (primary N) is 1. The van der Waals surface area contributed by atoms with Crippen molar-refractivity contribution in [3.05, 3.63) is 53.6 Å². The number of hydrogen-bond donors (Lipinski definition) is 2. The SMILES string of the molecule is COc1ccc(CC(C(=O)O)c2ccc(N)cc2)cc1OC. The molecule has 0 bridgehead atoms. The average Bonchev–Trinajstić information content (AvgIpc) is 2.53. The van der Waals surface area contributed by atoms with Crippen LogP contribution in [0.4, 0.5) is 5.69 Å². The van der Waals surface area contributed by atoms with Crippen LogP contribution >= 0.6 is 0 Å². The van der Waals surface area contributed by atoms with Crippen LogP contribution in [0.5, 0.6) is 11.5 Å². The van der Waals surface area contributed by atoms with Gasteiger partial charge in [0.2, 0.25) is 0 Å². The first kappa shape index (κ1) is 15.7. The van der Waals surface area contributed by atoms with Crippen molar-refractivity contribution in [3.63, 3.8) is 0 Å². The summed E-state index contributed by atoms with van der Waals surface area (Å²) in [5.74, 6) is -0.315. The Morgan fingerprint density at radius 2 is 1.73 bits per heavy atom. The van der Waals surface area contributed by atoms with E-state index in [1.807, 2.05) is 6.07 Å². The van der Waals surface area contributed by atoms with Crippen LogP contribution < -0.4 is 15.2 Å². The van der Waals surface area contributed by atoms with Crippen molar-refractivity contribution in [1.29, 1.82) is 0 Å². The van der Waals surface area contributed by atoms with Gasteiger partial charge in [-0.15, -0.1) is 0 Å². The Kier molecular flexibility index (Phi) is 4.88. The molecule has 0 fully saturated rings. The molecule has 0 amide bonds. The van der Waals surface area contributed by atoms with Gasteiger partial charge in [-0.1, -0.05) is 18.2 Å². The summed E-state index contributed by atoms with van der Waals surface area (Å²) >= 11 is 0. The Morgan fingerprint density at radius 3 is 2.27 bits per heavy atom. The first-order chi connectivity index (χ1) is 10.5. The molecule has 5 heteroatoms. The topological polar surface area (TPSA) is 81.8 Å². The molecule has 0 saturated carbocycles. The third-order valence-corrected chi connectivity index (χ3v) is 3.52. The quantitative estimate of drug-likeness (QED) is 0.802. The number of hydrogen-bond acceptors (Lipinski definition) is 4. The standard InChI is InChI=1S/C17H19NO4/c1-21-15-8-3-11(10-16(15)22-2)9-14(17(19)20)12-4-6-13(18)7-5-12/h3-8,10,14H,9,18H2,1-2H3,(H,19,20). The van der Waals surface area contributed by atoms with Gasteiger partial charge in [0.15, 0.2) is 11.5 Å². The van der Waals surface area contributed by atoms with Crippen molar-refractivity contribution in [1.82, 2.24) is 0 Å². The molecule has 22 heavy (non-hydrogen) atoms. The summed E-state index contributed by atoms with van der Waals surface area (Å²) in [6.07, 6.45) is 0.361. The highest BCUT2D eigenvalue weighted by molar-refractivity contribution is 5.76. The third kappa shape index (κ3) is 3.49. The van der Waals surface area contributed by atoms with E-state index in [1.165, 1.54) is 0 Å². The fraction of sp³-hybridized carbons (Fsp3) is 0.235. The zero-order chi connectivity index (χ0) is 16.1. The molecule has 116 valence electrons. The second-order valence-electron chi connectivity index (χ2n) is 4.95. The monoisotopic (exact) mass is 301 g/mol. The highest BCUT2D eigenvalue weighted by Crippen LogP contribution is 2.30. The molecular weight excluding hydrogens is 282 g/mol. The Labute approximate surface area is 129 Å². The number of methoxy groups -OCH3 is 2. The van der Waals surface area contributed by atoms with Crippen molar-refractivity contribution < 1.29 is 19.4 Å². The van der Waals surface area contributed by atoms with Gasteiger partial charge in [0.05, 0.1) is 20.1 Å². The molecule has 2 rings (SSSR count). The van der Waals surface area contributed by atoms with Crippen LogP contribution in [0.25, 0.3) is 0 Å². The first-order valence-corrected chi connectivity index (χ1v) is 6.84. The summed E-state index contributed by atoms with van der Waals surface area (Å²) in [5.41, 5.74) is 7.84. The molecule has 0 aromatic heterocycles. The lowest BCUT2D eigenvalue weighted by molar-refractivity contribution is -0.138. The van der Waals surface area contributed by atoms with Gasteiger partial charge in [0.1, 0.15) is 0 Å². The number of carbonyl (C=O) groups is 1. The summed E-state index contributed by atoms with van der Waals surface area (Å²) < 4.78 is 10.4. The largest absolute Gasteiger partial charge is 0.493 e. The summed E-state index contributed by atoms with van der Waals surface area (Å²) in [7, 11) is 3.11. The van der Waals surface area contributed by atoms with Gasteiger partial charge in [-0.2, -0.15) is 0 Å². The van der Waals surface area contributed by atoms with Crippen LogP contribution in [0.3, 0.4) is 0 Å². The zero-order valence-corrected chi connectivity index (χ0v) is 12.6. The van der Waals surface area contributed by atoms with Crippen LogP contribution in [-0.2, 0) is 11.2 Å². The Morgan fingerprint density at radius 1 is 1.09 bits per heavy atom. The van der Waals surface area contributed by atoms with Gasteiger partial charge < -0.3 is 20.3 Å². The van der Waals surface area contributed by atoms with E-state index in [4.69, 9.17) is 15.2 Å². The average molecular weight is 301 g/mol. The number of rotatable bonds is 6. The second-order valence-corrected chi connectivity index (χ2v) is 4.95. The molecule has 0 saturated heterocycles. The maximum Gasteiger partial charge on any atom is 0.311 e. The number of benzene rings is 2. The molecule has 0 spiro atoms. The molecule has 1 atom stereocenters. The van der Waals surface area contributed by atoms with Crippen LogP contribution in [0.1, 0.15) is 17.0 Å². The molecule has 2 aromatic carbocycles. The van der Waals surface area contributed by atoms with Crippen LogP contribution in [0, 0.1) is 0 Å². The van der Waals surface area contributed by atoms with E-state index in [-0.39, 0.29) is 0 Å². The number of aliphatic carboxylic acids is 1. The minimum absolute atomic E-state index is 0.361. The van der Waals surface area contributed by atoms with Crippen LogP contribution in [0.2, 0.25) is 0 Å². The van der Waals surface area contributed by atoms with Crippen LogP contribution in [0.15, 0.2) is 42.5 Å². The Bertz CT molecular complexity index is 652. The number of carboxylic acid groups (broad SMARTS) is 1. The Hall–Kier alpha value is -2.69. The second kappa shape index (κ2) is 6.85. The van der Waals surface area contributed by atoms with Gasteiger partial charge >= 0.3 is 5.97 Å². The van der Waals surface area contributed by atoms with Gasteiger partial charge in [0.25, 0.3) is 0 Å². The number of nitrogen functional groups attached to an aromatic ring is 1. The van der Waals surface area contributed by atoms with Crippen molar-refractivity contribution in [2.45, 2.75) is 12.3 Å². The molecule has 3 N–H and O–H groups in total. The molecule has 0 aliphatic heterocycles. The fourth-order valence-corrected chi connectivity index (χ4v) is 2.32. The van der Waals surface area contributed by atoms with Crippen LogP contribution in [-0.4, -0.2) is 25.3 Å². The van der Waals surface area contributed by atoms with E-state index >= 15 is 0 Å². The van der Waals surface area contributed by atoms with E-state index < -0.39 is 11.9 Å². The third-order valence-electron chi connectivity index (χ3n) is 3.52. The van der Waals surface area contributed by atoms with E-state index in [0.29, 0.717) is 23.6 Å². The highest BCUT2D eigenvalue weighted by Gasteiger charge is 2.21. The maximum atomic E-state index is 11.6. The lowest BCUT2D eigenvalue weighted by Gasteiger charge is -2.15. The summed E-state index contributed by atoms with van der Waals surface area (Å²) in [6, 6.07) is 12.3. The van der Waals surface area contributed by atoms with E-state index in [0.717, 1.165) is 11.1 Å². The lowest BCUT2D eigenvalue weighted by Crippen LogP contribution is -2.14. The molecule has 0 heterocycles. The molecule has 1 unspecified atom stereocenters. The van der Waals surface area contributed by atoms with E-state index in [9.17, 15) is 9.90 Å². The number of anilines is 1. The smallest absolute Gasteiger partial charge is 0.311 e. The van der Waals surface area contributed by atoms with Gasteiger partial charge in [0, 0.05) is 5.69 Å². The van der Waals surface area contributed by atoms with Crippen molar-refractivity contribution >= 4 is 11.7 Å². The van der Waals surface area contributed by atoms with Crippen molar-refractivity contribution in [3.8, 4) is 11.5 Å². The fourth-order valence-electron chi connectivity index (χ4n) is 2.32. The number of carboxylic acids is 1. The molecule has 0 aliphatic carbocycles. The molecule has 5 nitrogen and oxygen atoms in total. The first-order valence-electron chi connectivity index (χ1n) is 6.84. The normalized spacial score (nSPS) is 11.7. The van der Waals surface area contributed by atoms with Gasteiger partial charge in [-0.25, -0.2) is 0 Å². The molecule has 0 aliphatic rings. The molecule has 2 aromatic rings. The highest BCUT2D eigenvalue weighted by atomic mass is 16.5. The van der Waals surface area contributed by atoms with Gasteiger partial charge in [-0.3, -0.25) is 4.79 Å². The predicted octanol–water partition coefficient (Wildman–Crippen LogP) is 2.70. The summed E-state index contributed by atoms with van der Waals surface area (Å²) in [4.78, 5) is 11.6. The predicted molar refractivity (Wildman–Crippen MR) is 84.5 cm³/mol. The minimum atomic E-state index is -0.875. The number of ether oxygens (including phenoxy) is 2. The van der Waals surface area contributed by atoms with E-state index in [1.54, 1.807) is 50.6 Å². The molecule has 0 radical (unpaired) electrons. The van der Waals surface area contributed by atoms with Gasteiger partial charge in [-0.05, 0) is 41.8 Å². The van der Waals surface area contributed by atoms with Crippen molar-refractivity contribution in [2.24, 2.45) is 0 Å². The minimum Gasteiger partial charge on any atom is -0.493 e. The zero-order valence-electron chi connectivity index (χ0n) is 12.6. The molecular formula is C17H19NO4. The van der Waals surface area contributed by atoms with E-state index in [2.05, 4.69) is 0 Å². The Balaban J connectivity index is 2.28. The summed E-state index contributed by atoms with van der Waals surface area (Å²) in [6.45, 7) is 0. The van der Waals surface area contributed by atoms with Crippen molar-refractivity contribution in [2.75, 3.05) is 20.0 Å². The summed E-state index contributed by atoms with van der Waals surface area (Å²) in [5, 5.41) is 9.50. The lowest BCUT2D eigenvalue weighted by atomic mass is 9.92.